The van der Waals surface area contributed by atoms with E-state index in [0.29, 0.717) is 5.92 Å². The van der Waals surface area contributed by atoms with Gasteiger partial charge in [-0.25, -0.2) is 0 Å². The summed E-state index contributed by atoms with van der Waals surface area (Å²) in [6.07, 6.45) is 5.24. The van der Waals surface area contributed by atoms with Gasteiger partial charge in [0.1, 0.15) is 0 Å². The summed E-state index contributed by atoms with van der Waals surface area (Å²) in [6, 6.07) is 6.39. The fourth-order valence-corrected chi connectivity index (χ4v) is 3.72. The molecular weight excluding hydrogens is 493 g/mol. The number of hydrogen-bond donors (Lipinski definition) is 1. The van der Waals surface area contributed by atoms with Crippen LogP contribution in [-0.2, 0) is 13.6 Å². The average molecular weight is 518 g/mol. The van der Waals surface area contributed by atoms with Crippen LogP contribution >= 0.6 is 39.9 Å². The van der Waals surface area contributed by atoms with E-state index in [-0.39, 0.29) is 24.0 Å². The molecule has 25 heavy (non-hydrogen) atoms. The van der Waals surface area contributed by atoms with Gasteiger partial charge in [-0.2, -0.15) is 5.10 Å². The molecule has 1 fully saturated rings. The molecule has 1 aliphatic rings. The number of nitrogens with one attached hydrogen (secondary N) is 1. The monoisotopic (exact) mass is 517 g/mol. The van der Waals surface area contributed by atoms with Crippen molar-refractivity contribution in [2.24, 2.45) is 12.0 Å². The summed E-state index contributed by atoms with van der Waals surface area (Å²) in [6.45, 7) is 4.95. The Bertz CT molecular complexity index is 743. The molecule has 5 nitrogen and oxygen atoms in total. The van der Waals surface area contributed by atoms with Gasteiger partial charge in [-0.05, 0) is 42.2 Å². The van der Waals surface area contributed by atoms with E-state index in [1.807, 2.05) is 25.0 Å². The lowest BCUT2D eigenvalue weighted by molar-refractivity contribution is 0.485. The minimum atomic E-state index is 0. The number of nitrogens with zero attached hydrogens (tertiary/aromatic N) is 4. The topological polar surface area (TPSA) is 45.5 Å². The van der Waals surface area contributed by atoms with Crippen LogP contribution in [0.25, 0.3) is 0 Å². The van der Waals surface area contributed by atoms with Gasteiger partial charge in [0.25, 0.3) is 0 Å². The molecular formula is C18H25BrIN5. The fraction of sp³-hybridized carbons (Fsp3) is 0.444. The highest BCUT2D eigenvalue weighted by atomic mass is 127. The molecule has 1 aromatic carbocycles. The van der Waals surface area contributed by atoms with Gasteiger partial charge in [-0.15, -0.1) is 24.0 Å². The smallest absolute Gasteiger partial charge is 0.193 e. The van der Waals surface area contributed by atoms with Gasteiger partial charge >= 0.3 is 0 Å². The predicted molar refractivity (Wildman–Crippen MR) is 117 cm³/mol. The Kier molecular flexibility index (Phi) is 7.30. The molecule has 3 rings (SSSR count). The van der Waals surface area contributed by atoms with Crippen LogP contribution in [0.5, 0.6) is 0 Å². The number of aliphatic imine (C=N–C) groups is 1. The Morgan fingerprint density at radius 1 is 1.44 bits per heavy atom. The number of halogens is 2. The summed E-state index contributed by atoms with van der Waals surface area (Å²) in [4.78, 5) is 6.81. The second-order valence-electron chi connectivity index (χ2n) is 6.35. The molecule has 0 radical (unpaired) electrons. The zero-order valence-electron chi connectivity index (χ0n) is 14.9. The molecule has 2 aromatic rings. The lowest BCUT2D eigenvalue weighted by atomic mass is 10.0. The normalized spacial score (nSPS) is 17.5. The number of likely N-dealkylation sites (tertiary alicyclic amines) is 1. The Morgan fingerprint density at radius 2 is 2.24 bits per heavy atom. The van der Waals surface area contributed by atoms with E-state index >= 15 is 0 Å². The summed E-state index contributed by atoms with van der Waals surface area (Å²) in [5.41, 5.74) is 3.89. The highest BCUT2D eigenvalue weighted by Gasteiger charge is 2.26. The lowest BCUT2D eigenvalue weighted by Crippen LogP contribution is -2.39. The van der Waals surface area contributed by atoms with Crippen LogP contribution in [-0.4, -0.2) is 40.8 Å². The summed E-state index contributed by atoms with van der Waals surface area (Å²) in [5, 5.41) is 7.80. The first-order chi connectivity index (χ1) is 11.6. The van der Waals surface area contributed by atoms with Crippen LogP contribution < -0.4 is 5.32 Å². The zero-order valence-corrected chi connectivity index (χ0v) is 18.8. The van der Waals surface area contributed by atoms with Crippen molar-refractivity contribution in [1.29, 1.82) is 0 Å². The lowest BCUT2D eigenvalue weighted by Gasteiger charge is -2.22. The Labute approximate surface area is 175 Å². The van der Waals surface area contributed by atoms with Gasteiger partial charge in [-0.3, -0.25) is 9.67 Å². The standard InChI is InChI=1S/C18H24BrN5.HI/c1-13-8-17(19)5-4-14(13)9-21-18(20-2)24-7-6-15(12-24)16-10-22-23(3)11-16;/h4-5,8,10-11,15H,6-7,9,12H2,1-3H3,(H,20,21);1H. The van der Waals surface area contributed by atoms with Gasteiger partial charge < -0.3 is 10.2 Å². The average Bonchev–Trinajstić information content (AvgIpc) is 3.19. The van der Waals surface area contributed by atoms with Crippen LogP contribution in [0.3, 0.4) is 0 Å². The summed E-state index contributed by atoms with van der Waals surface area (Å²) in [5.74, 6) is 1.51. The van der Waals surface area contributed by atoms with Crippen LogP contribution in [0.4, 0.5) is 0 Å². The molecule has 1 N–H and O–H groups in total. The maximum Gasteiger partial charge on any atom is 0.193 e. The zero-order chi connectivity index (χ0) is 17.1. The van der Waals surface area contributed by atoms with Gasteiger partial charge in [0.2, 0.25) is 0 Å². The first kappa shape index (κ1) is 20.2. The van der Waals surface area contributed by atoms with E-state index in [1.54, 1.807) is 0 Å². The van der Waals surface area contributed by atoms with Crippen molar-refractivity contribution in [3.63, 3.8) is 0 Å². The quantitative estimate of drug-likeness (QED) is 0.384. The van der Waals surface area contributed by atoms with Crippen molar-refractivity contribution in [2.45, 2.75) is 25.8 Å². The number of aromatic nitrogens is 2. The number of benzene rings is 1. The SMILES string of the molecule is CN=C(NCc1ccc(Br)cc1C)N1CCC(c2cnn(C)c2)C1.I. The van der Waals surface area contributed by atoms with Crippen molar-refractivity contribution in [1.82, 2.24) is 20.0 Å². The maximum absolute atomic E-state index is 4.47. The van der Waals surface area contributed by atoms with E-state index in [9.17, 15) is 0 Å². The molecule has 0 aliphatic carbocycles. The molecule has 7 heteroatoms. The van der Waals surface area contributed by atoms with Crippen molar-refractivity contribution in [3.8, 4) is 0 Å². The van der Waals surface area contributed by atoms with Crippen molar-refractivity contribution in [2.75, 3.05) is 20.1 Å². The second-order valence-corrected chi connectivity index (χ2v) is 7.27. The number of aryl methyl sites for hydroxylation is 2. The molecule has 2 heterocycles. The van der Waals surface area contributed by atoms with Gasteiger partial charge in [0.15, 0.2) is 5.96 Å². The highest BCUT2D eigenvalue weighted by molar-refractivity contribution is 14.0. The molecule has 0 amide bonds. The molecule has 0 bridgehead atoms. The van der Waals surface area contributed by atoms with Crippen LogP contribution in [0, 0.1) is 6.92 Å². The van der Waals surface area contributed by atoms with E-state index in [0.717, 1.165) is 36.5 Å². The maximum atomic E-state index is 4.47. The molecule has 1 atom stereocenters. The summed E-state index contributed by atoms with van der Waals surface area (Å²) in [7, 11) is 3.82. The van der Waals surface area contributed by atoms with Crippen LogP contribution in [0.2, 0.25) is 0 Å². The van der Waals surface area contributed by atoms with Gasteiger partial charge in [-0.1, -0.05) is 22.0 Å². The van der Waals surface area contributed by atoms with Gasteiger partial charge in [0, 0.05) is 50.3 Å². The van der Waals surface area contributed by atoms with Crippen LogP contribution in [0.1, 0.15) is 29.0 Å². The highest BCUT2D eigenvalue weighted by Crippen LogP contribution is 2.26. The van der Waals surface area contributed by atoms with Crippen molar-refractivity contribution < 1.29 is 0 Å². The molecule has 1 unspecified atom stereocenters. The van der Waals surface area contributed by atoms with Gasteiger partial charge in [0.05, 0.1) is 6.20 Å². The largest absolute Gasteiger partial charge is 0.352 e. The Hall–Kier alpha value is -1.09. The first-order valence-electron chi connectivity index (χ1n) is 8.26. The van der Waals surface area contributed by atoms with Crippen LogP contribution in [0.15, 0.2) is 40.1 Å². The third-order valence-corrected chi connectivity index (χ3v) is 5.13. The molecule has 1 aromatic heterocycles. The first-order valence-corrected chi connectivity index (χ1v) is 9.05. The summed E-state index contributed by atoms with van der Waals surface area (Å²) < 4.78 is 2.99. The van der Waals surface area contributed by atoms with Crippen molar-refractivity contribution in [3.05, 3.63) is 51.8 Å². The second kappa shape index (κ2) is 9.02. The van der Waals surface area contributed by atoms with Crippen molar-refractivity contribution >= 4 is 45.9 Å². The summed E-state index contributed by atoms with van der Waals surface area (Å²) >= 11 is 3.52. The number of guanidine groups is 1. The molecule has 0 spiro atoms. The molecule has 136 valence electrons. The Morgan fingerprint density at radius 3 is 2.88 bits per heavy atom. The van der Waals surface area contributed by atoms with E-state index in [1.165, 1.54) is 16.7 Å². The van der Waals surface area contributed by atoms with E-state index in [2.05, 4.69) is 67.6 Å². The Balaban J connectivity index is 0.00000225. The molecule has 1 saturated heterocycles. The molecule has 0 saturated carbocycles. The third kappa shape index (κ3) is 4.97. The predicted octanol–water partition coefficient (Wildman–Crippen LogP) is 3.67. The number of hydrogen-bond acceptors (Lipinski definition) is 2. The third-order valence-electron chi connectivity index (χ3n) is 4.64. The number of rotatable bonds is 3. The fourth-order valence-electron chi connectivity index (χ4n) is 3.24. The molecule has 1 aliphatic heterocycles. The van der Waals surface area contributed by atoms with E-state index < -0.39 is 0 Å². The minimum Gasteiger partial charge on any atom is -0.352 e. The minimum absolute atomic E-state index is 0. The van der Waals surface area contributed by atoms with E-state index in [4.69, 9.17) is 0 Å².